The molecule has 0 bridgehead atoms. The largest absolute Gasteiger partial charge is 0.478 e. The molecule has 0 aliphatic rings. The van der Waals surface area contributed by atoms with Gasteiger partial charge in [0.25, 0.3) is 10.0 Å². The molecular formula is C18H15NO4S. The Morgan fingerprint density at radius 3 is 2.25 bits per heavy atom. The topological polar surface area (TPSA) is 74.7 Å². The molecule has 0 saturated carbocycles. The molecule has 0 aliphatic carbocycles. The predicted molar refractivity (Wildman–Crippen MR) is 92.9 cm³/mol. The van der Waals surface area contributed by atoms with Crippen LogP contribution in [-0.2, 0) is 10.0 Å². The molecule has 0 aliphatic heterocycles. The van der Waals surface area contributed by atoms with Crippen LogP contribution in [-0.4, -0.2) is 26.5 Å². The summed E-state index contributed by atoms with van der Waals surface area (Å²) in [5.74, 6) is -1.17. The van der Waals surface area contributed by atoms with Gasteiger partial charge < -0.3 is 5.11 Å². The molecule has 0 aromatic heterocycles. The SMILES string of the molecule is CN(c1ccccc1C(=O)O)S(=O)(=O)c1ccc2ccccc2c1. The molecule has 0 amide bonds. The number of benzene rings is 3. The van der Waals surface area contributed by atoms with Crippen LogP contribution in [0, 0.1) is 0 Å². The fourth-order valence-corrected chi connectivity index (χ4v) is 3.79. The summed E-state index contributed by atoms with van der Waals surface area (Å²) in [7, 11) is -2.52. The maximum atomic E-state index is 12.9. The fourth-order valence-electron chi connectivity index (χ4n) is 2.54. The second kappa shape index (κ2) is 5.98. The number of carboxylic acids is 1. The molecule has 0 fully saturated rings. The van der Waals surface area contributed by atoms with E-state index >= 15 is 0 Å². The molecule has 5 nitrogen and oxygen atoms in total. The molecule has 0 unspecified atom stereocenters. The Morgan fingerprint density at radius 1 is 0.917 bits per heavy atom. The smallest absolute Gasteiger partial charge is 0.337 e. The van der Waals surface area contributed by atoms with Crippen molar-refractivity contribution in [3.05, 3.63) is 72.3 Å². The van der Waals surface area contributed by atoms with Gasteiger partial charge in [0.2, 0.25) is 0 Å². The van der Waals surface area contributed by atoms with Crippen molar-refractivity contribution < 1.29 is 18.3 Å². The van der Waals surface area contributed by atoms with Gasteiger partial charge in [0.05, 0.1) is 16.1 Å². The highest BCUT2D eigenvalue weighted by molar-refractivity contribution is 7.92. The van der Waals surface area contributed by atoms with Crippen LogP contribution in [0.2, 0.25) is 0 Å². The van der Waals surface area contributed by atoms with Crippen LogP contribution in [0.4, 0.5) is 5.69 Å². The van der Waals surface area contributed by atoms with Crippen LogP contribution >= 0.6 is 0 Å². The van der Waals surface area contributed by atoms with Gasteiger partial charge in [-0.05, 0) is 35.0 Å². The quantitative estimate of drug-likeness (QED) is 0.789. The first kappa shape index (κ1) is 16.0. The van der Waals surface area contributed by atoms with Crippen molar-refractivity contribution in [3.63, 3.8) is 0 Å². The number of carbonyl (C=O) groups is 1. The van der Waals surface area contributed by atoms with Gasteiger partial charge in [-0.2, -0.15) is 0 Å². The van der Waals surface area contributed by atoms with Gasteiger partial charge >= 0.3 is 5.97 Å². The molecular weight excluding hydrogens is 326 g/mol. The average molecular weight is 341 g/mol. The molecule has 122 valence electrons. The molecule has 3 aromatic carbocycles. The van der Waals surface area contributed by atoms with Gasteiger partial charge in [-0.3, -0.25) is 4.31 Å². The van der Waals surface area contributed by atoms with Crippen LogP contribution in [0.5, 0.6) is 0 Å². The molecule has 0 radical (unpaired) electrons. The summed E-state index contributed by atoms with van der Waals surface area (Å²) < 4.78 is 26.8. The summed E-state index contributed by atoms with van der Waals surface area (Å²) in [6, 6.07) is 18.3. The number of para-hydroxylation sites is 1. The van der Waals surface area contributed by atoms with Crippen molar-refractivity contribution in [1.29, 1.82) is 0 Å². The van der Waals surface area contributed by atoms with Gasteiger partial charge in [0.1, 0.15) is 0 Å². The average Bonchev–Trinajstić information content (AvgIpc) is 2.60. The lowest BCUT2D eigenvalue weighted by Gasteiger charge is -2.21. The van der Waals surface area contributed by atoms with E-state index in [9.17, 15) is 18.3 Å². The molecule has 0 atom stereocenters. The maximum Gasteiger partial charge on any atom is 0.337 e. The van der Waals surface area contributed by atoms with E-state index < -0.39 is 16.0 Å². The Kier molecular flexibility index (Phi) is 3.99. The molecule has 1 N–H and O–H groups in total. The maximum absolute atomic E-state index is 12.9. The van der Waals surface area contributed by atoms with Gasteiger partial charge in [-0.15, -0.1) is 0 Å². The zero-order chi connectivity index (χ0) is 17.3. The minimum Gasteiger partial charge on any atom is -0.478 e. The number of nitrogens with zero attached hydrogens (tertiary/aromatic N) is 1. The molecule has 24 heavy (non-hydrogen) atoms. The van der Waals surface area contributed by atoms with E-state index in [2.05, 4.69) is 0 Å². The molecule has 3 aromatic rings. The summed E-state index contributed by atoms with van der Waals surface area (Å²) in [6.07, 6.45) is 0. The third-order valence-electron chi connectivity index (χ3n) is 3.85. The second-order valence-electron chi connectivity index (χ2n) is 5.30. The highest BCUT2D eigenvalue weighted by Crippen LogP contribution is 2.27. The summed E-state index contributed by atoms with van der Waals surface area (Å²) >= 11 is 0. The first-order chi connectivity index (χ1) is 11.4. The third kappa shape index (κ3) is 2.72. The van der Waals surface area contributed by atoms with Crippen molar-refractivity contribution in [2.24, 2.45) is 0 Å². The van der Waals surface area contributed by atoms with Crippen molar-refractivity contribution >= 4 is 32.5 Å². The third-order valence-corrected chi connectivity index (χ3v) is 5.62. The second-order valence-corrected chi connectivity index (χ2v) is 7.27. The zero-order valence-corrected chi connectivity index (χ0v) is 13.7. The van der Waals surface area contributed by atoms with E-state index in [1.54, 1.807) is 24.3 Å². The molecule has 3 rings (SSSR count). The van der Waals surface area contributed by atoms with E-state index in [0.29, 0.717) is 0 Å². The Bertz CT molecular complexity index is 1030. The number of carboxylic acid groups (broad SMARTS) is 1. The Balaban J connectivity index is 2.11. The number of aromatic carboxylic acids is 1. The summed E-state index contributed by atoms with van der Waals surface area (Å²) in [4.78, 5) is 11.5. The first-order valence-corrected chi connectivity index (χ1v) is 8.65. The highest BCUT2D eigenvalue weighted by Gasteiger charge is 2.25. The standard InChI is InChI=1S/C18H15NO4S/c1-19(17-9-5-4-8-16(17)18(20)21)24(22,23)15-11-10-13-6-2-3-7-14(13)12-15/h2-12H,1H3,(H,20,21). The van der Waals surface area contributed by atoms with Crippen molar-refractivity contribution in [2.45, 2.75) is 4.90 Å². The summed E-state index contributed by atoms with van der Waals surface area (Å²) in [5.41, 5.74) is 0.0579. The zero-order valence-electron chi connectivity index (χ0n) is 12.9. The van der Waals surface area contributed by atoms with Crippen LogP contribution in [0.1, 0.15) is 10.4 Å². The lowest BCUT2D eigenvalue weighted by molar-refractivity contribution is 0.0698. The van der Waals surface area contributed by atoms with E-state index in [0.717, 1.165) is 15.1 Å². The lowest BCUT2D eigenvalue weighted by atomic mass is 10.1. The number of rotatable bonds is 4. The monoisotopic (exact) mass is 341 g/mol. The van der Waals surface area contributed by atoms with Crippen molar-refractivity contribution in [2.75, 3.05) is 11.4 Å². The number of hydrogen-bond acceptors (Lipinski definition) is 3. The molecule has 0 heterocycles. The van der Waals surface area contributed by atoms with E-state index in [1.165, 1.54) is 25.2 Å². The Morgan fingerprint density at radius 2 is 1.54 bits per heavy atom. The van der Waals surface area contributed by atoms with Crippen molar-refractivity contribution in [1.82, 2.24) is 0 Å². The number of fused-ring (bicyclic) bond motifs is 1. The van der Waals surface area contributed by atoms with E-state index in [4.69, 9.17) is 0 Å². The van der Waals surface area contributed by atoms with Crippen LogP contribution in [0.15, 0.2) is 71.6 Å². The van der Waals surface area contributed by atoms with Crippen LogP contribution in [0.3, 0.4) is 0 Å². The minimum atomic E-state index is -3.87. The fraction of sp³-hybridized carbons (Fsp3) is 0.0556. The first-order valence-electron chi connectivity index (χ1n) is 7.21. The van der Waals surface area contributed by atoms with Gasteiger partial charge in [0.15, 0.2) is 0 Å². The van der Waals surface area contributed by atoms with Gasteiger partial charge in [-0.1, -0.05) is 42.5 Å². The normalized spacial score (nSPS) is 11.4. The molecule has 0 saturated heterocycles. The van der Waals surface area contributed by atoms with E-state index in [1.807, 2.05) is 24.3 Å². The number of sulfonamides is 1. The van der Waals surface area contributed by atoms with Crippen molar-refractivity contribution in [3.8, 4) is 0 Å². The lowest BCUT2D eigenvalue weighted by Crippen LogP contribution is -2.28. The van der Waals surface area contributed by atoms with Gasteiger partial charge in [-0.25, -0.2) is 13.2 Å². The summed E-state index contributed by atoms with van der Waals surface area (Å²) in [6.45, 7) is 0. The number of anilines is 1. The number of hydrogen-bond donors (Lipinski definition) is 1. The van der Waals surface area contributed by atoms with E-state index in [-0.39, 0.29) is 16.1 Å². The Labute approximate surface area is 139 Å². The predicted octanol–water partition coefficient (Wildman–Crippen LogP) is 3.36. The molecule has 6 heteroatoms. The van der Waals surface area contributed by atoms with Gasteiger partial charge in [0, 0.05) is 7.05 Å². The molecule has 0 spiro atoms. The highest BCUT2D eigenvalue weighted by atomic mass is 32.2. The van der Waals surface area contributed by atoms with Crippen LogP contribution in [0.25, 0.3) is 10.8 Å². The summed E-state index contributed by atoms with van der Waals surface area (Å²) in [5, 5.41) is 11.0. The minimum absolute atomic E-state index is 0.0654. The van der Waals surface area contributed by atoms with Crippen LogP contribution < -0.4 is 4.31 Å². The Hall–Kier alpha value is -2.86.